The highest BCUT2D eigenvalue weighted by Crippen LogP contribution is 2.25. The molecule has 0 bridgehead atoms. The third-order valence-electron chi connectivity index (χ3n) is 3.64. The smallest absolute Gasteiger partial charge is 0.283 e. The van der Waals surface area contributed by atoms with Gasteiger partial charge >= 0.3 is 0 Å². The molecule has 0 aromatic heterocycles. The maximum Gasteiger partial charge on any atom is 0.283 e. The van der Waals surface area contributed by atoms with Crippen LogP contribution in [0.5, 0.6) is 0 Å². The Balaban J connectivity index is 2.27. The number of nitro groups is 1. The normalized spacial score (nSPS) is 11.8. The molecule has 1 N–H and O–H groups in total. The zero-order chi connectivity index (χ0) is 17.1. The standard InChI is InChI=1S/C17H17ClN2O3/c1-10-4-6-14(11(2)8-10)12(3)19-17(21)15-7-5-13(18)9-16(15)20(22)23/h4-9,12H,1-3H3,(H,19,21). The monoisotopic (exact) mass is 332 g/mol. The van der Waals surface area contributed by atoms with Crippen LogP contribution in [0.3, 0.4) is 0 Å². The molecule has 0 heterocycles. The summed E-state index contributed by atoms with van der Waals surface area (Å²) in [6.07, 6.45) is 0. The molecule has 6 heteroatoms. The third kappa shape index (κ3) is 3.87. The fourth-order valence-corrected chi connectivity index (χ4v) is 2.68. The SMILES string of the molecule is Cc1ccc(C(C)NC(=O)c2ccc(Cl)cc2[N+](=O)[O-])c(C)c1. The molecule has 0 spiro atoms. The molecular formula is C17H17ClN2O3. The van der Waals surface area contributed by atoms with Gasteiger partial charge in [-0.05, 0) is 44.0 Å². The average Bonchev–Trinajstić information content (AvgIpc) is 2.46. The van der Waals surface area contributed by atoms with Gasteiger partial charge < -0.3 is 5.32 Å². The van der Waals surface area contributed by atoms with Crippen molar-refractivity contribution < 1.29 is 9.72 Å². The molecule has 0 saturated carbocycles. The van der Waals surface area contributed by atoms with Crippen LogP contribution < -0.4 is 5.32 Å². The van der Waals surface area contributed by atoms with Gasteiger partial charge in [-0.3, -0.25) is 14.9 Å². The van der Waals surface area contributed by atoms with Crippen molar-refractivity contribution in [2.24, 2.45) is 0 Å². The van der Waals surface area contributed by atoms with Gasteiger partial charge in [0.15, 0.2) is 0 Å². The zero-order valence-electron chi connectivity index (χ0n) is 13.1. The number of hydrogen-bond acceptors (Lipinski definition) is 3. The Hall–Kier alpha value is -2.40. The Morgan fingerprint density at radius 2 is 1.91 bits per heavy atom. The summed E-state index contributed by atoms with van der Waals surface area (Å²) in [4.78, 5) is 22.9. The Morgan fingerprint density at radius 1 is 1.22 bits per heavy atom. The highest BCUT2D eigenvalue weighted by atomic mass is 35.5. The van der Waals surface area contributed by atoms with Crippen molar-refractivity contribution in [2.75, 3.05) is 0 Å². The molecule has 0 aliphatic heterocycles. The quantitative estimate of drug-likeness (QED) is 0.668. The van der Waals surface area contributed by atoms with E-state index in [2.05, 4.69) is 5.32 Å². The number of nitrogens with one attached hydrogen (secondary N) is 1. The molecule has 0 saturated heterocycles. The van der Waals surface area contributed by atoms with Crippen LogP contribution in [0.1, 0.15) is 40.0 Å². The van der Waals surface area contributed by atoms with Crippen molar-refractivity contribution in [3.8, 4) is 0 Å². The van der Waals surface area contributed by atoms with Crippen LogP contribution in [0, 0.1) is 24.0 Å². The summed E-state index contributed by atoms with van der Waals surface area (Å²) in [7, 11) is 0. The predicted octanol–water partition coefficient (Wildman–Crippen LogP) is 4.36. The first-order valence-electron chi connectivity index (χ1n) is 7.11. The summed E-state index contributed by atoms with van der Waals surface area (Å²) < 4.78 is 0. The van der Waals surface area contributed by atoms with Crippen LogP contribution in [0.25, 0.3) is 0 Å². The van der Waals surface area contributed by atoms with Crippen molar-refractivity contribution in [1.29, 1.82) is 0 Å². The summed E-state index contributed by atoms with van der Waals surface area (Å²) in [6.45, 7) is 5.81. The van der Waals surface area contributed by atoms with Crippen molar-refractivity contribution in [1.82, 2.24) is 5.32 Å². The number of nitro benzene ring substituents is 1. The Bertz CT molecular complexity index is 774. The van der Waals surface area contributed by atoms with E-state index in [0.29, 0.717) is 0 Å². The fourth-order valence-electron chi connectivity index (χ4n) is 2.51. The summed E-state index contributed by atoms with van der Waals surface area (Å²) in [5.74, 6) is -0.499. The second-order valence-corrected chi connectivity index (χ2v) is 5.91. The lowest BCUT2D eigenvalue weighted by atomic mass is 10.00. The van der Waals surface area contributed by atoms with Crippen molar-refractivity contribution in [3.05, 3.63) is 73.8 Å². The maximum atomic E-state index is 12.4. The number of nitrogens with zero attached hydrogens (tertiary/aromatic N) is 1. The molecule has 120 valence electrons. The summed E-state index contributed by atoms with van der Waals surface area (Å²) in [6, 6.07) is 9.69. The zero-order valence-corrected chi connectivity index (χ0v) is 13.8. The van der Waals surface area contributed by atoms with Gasteiger partial charge in [-0.1, -0.05) is 35.4 Å². The van der Waals surface area contributed by atoms with Crippen molar-refractivity contribution >= 4 is 23.2 Å². The van der Waals surface area contributed by atoms with Gasteiger partial charge in [0, 0.05) is 11.1 Å². The van der Waals surface area contributed by atoms with E-state index >= 15 is 0 Å². The van der Waals surface area contributed by atoms with E-state index in [0.717, 1.165) is 16.7 Å². The van der Waals surface area contributed by atoms with E-state index in [1.807, 2.05) is 39.0 Å². The first kappa shape index (κ1) is 17.0. The highest BCUT2D eigenvalue weighted by molar-refractivity contribution is 6.31. The minimum Gasteiger partial charge on any atom is -0.345 e. The maximum absolute atomic E-state index is 12.4. The van der Waals surface area contributed by atoms with Crippen LogP contribution in [0.4, 0.5) is 5.69 Å². The molecule has 23 heavy (non-hydrogen) atoms. The predicted molar refractivity (Wildman–Crippen MR) is 89.9 cm³/mol. The Morgan fingerprint density at radius 3 is 2.52 bits per heavy atom. The Labute approximate surface area is 139 Å². The van der Waals surface area contributed by atoms with Crippen LogP contribution >= 0.6 is 11.6 Å². The lowest BCUT2D eigenvalue weighted by molar-refractivity contribution is -0.385. The number of halogens is 1. The molecule has 1 atom stereocenters. The molecule has 0 fully saturated rings. The lowest BCUT2D eigenvalue weighted by Crippen LogP contribution is -2.27. The molecule has 5 nitrogen and oxygen atoms in total. The second kappa shape index (κ2) is 6.79. The molecule has 2 rings (SSSR count). The van der Waals surface area contributed by atoms with E-state index < -0.39 is 10.8 Å². The summed E-state index contributed by atoms with van der Waals surface area (Å²) in [5.41, 5.74) is 2.86. The minimum atomic E-state index is -0.609. The number of rotatable bonds is 4. The number of carbonyl (C=O) groups is 1. The van der Waals surface area contributed by atoms with Crippen LogP contribution in [0.15, 0.2) is 36.4 Å². The van der Waals surface area contributed by atoms with Crippen LogP contribution in [0.2, 0.25) is 5.02 Å². The van der Waals surface area contributed by atoms with E-state index in [1.165, 1.54) is 18.2 Å². The van der Waals surface area contributed by atoms with E-state index in [-0.39, 0.29) is 22.3 Å². The van der Waals surface area contributed by atoms with E-state index in [9.17, 15) is 14.9 Å². The number of aryl methyl sites for hydroxylation is 2. The highest BCUT2D eigenvalue weighted by Gasteiger charge is 2.22. The lowest BCUT2D eigenvalue weighted by Gasteiger charge is -2.17. The van der Waals surface area contributed by atoms with E-state index in [4.69, 9.17) is 11.6 Å². The molecule has 1 amide bonds. The van der Waals surface area contributed by atoms with Crippen molar-refractivity contribution in [2.45, 2.75) is 26.8 Å². The van der Waals surface area contributed by atoms with Gasteiger partial charge in [0.2, 0.25) is 0 Å². The second-order valence-electron chi connectivity index (χ2n) is 5.47. The summed E-state index contributed by atoms with van der Waals surface area (Å²) in [5, 5.41) is 14.1. The van der Waals surface area contributed by atoms with Gasteiger partial charge in [0.25, 0.3) is 11.6 Å². The molecule has 0 aliphatic carbocycles. The fraction of sp³-hybridized carbons (Fsp3) is 0.235. The third-order valence-corrected chi connectivity index (χ3v) is 3.88. The number of carbonyl (C=O) groups excluding carboxylic acids is 1. The minimum absolute atomic E-state index is 0.00369. The number of amides is 1. The summed E-state index contributed by atoms with van der Waals surface area (Å²) >= 11 is 5.77. The average molecular weight is 333 g/mol. The molecule has 0 aliphatic rings. The first-order valence-corrected chi connectivity index (χ1v) is 7.49. The van der Waals surface area contributed by atoms with Crippen molar-refractivity contribution in [3.63, 3.8) is 0 Å². The topological polar surface area (TPSA) is 72.2 Å². The van der Waals surface area contributed by atoms with Gasteiger partial charge in [-0.25, -0.2) is 0 Å². The Kier molecular flexibility index (Phi) is 5.01. The van der Waals surface area contributed by atoms with Gasteiger partial charge in [0.1, 0.15) is 5.56 Å². The molecular weight excluding hydrogens is 316 g/mol. The van der Waals surface area contributed by atoms with Gasteiger partial charge in [-0.15, -0.1) is 0 Å². The number of benzene rings is 2. The number of hydrogen-bond donors (Lipinski definition) is 1. The van der Waals surface area contributed by atoms with Crippen LogP contribution in [-0.2, 0) is 0 Å². The molecule has 2 aromatic carbocycles. The molecule has 1 unspecified atom stereocenters. The first-order chi connectivity index (χ1) is 10.8. The largest absolute Gasteiger partial charge is 0.345 e. The van der Waals surface area contributed by atoms with Crippen LogP contribution in [-0.4, -0.2) is 10.8 Å². The van der Waals surface area contributed by atoms with Gasteiger partial charge in [-0.2, -0.15) is 0 Å². The molecule has 2 aromatic rings. The molecule has 0 radical (unpaired) electrons. The van der Waals surface area contributed by atoms with Gasteiger partial charge in [0.05, 0.1) is 11.0 Å². The van der Waals surface area contributed by atoms with E-state index in [1.54, 1.807) is 0 Å².